The number of aromatic nitrogens is 2. The van der Waals surface area contributed by atoms with Gasteiger partial charge in [0.15, 0.2) is 0 Å². The quantitative estimate of drug-likeness (QED) is 0.315. The number of halogens is 1. The van der Waals surface area contributed by atoms with Crippen LogP contribution in [0, 0.1) is 12.7 Å². The number of aromatic amines is 1. The maximum atomic E-state index is 13.6. The molecule has 3 heterocycles. The molecule has 8 heteroatoms. The third-order valence-electron chi connectivity index (χ3n) is 6.80. The van der Waals surface area contributed by atoms with Crippen LogP contribution in [0.1, 0.15) is 23.1 Å². The molecule has 6 nitrogen and oxygen atoms in total. The molecule has 0 amide bonds. The van der Waals surface area contributed by atoms with Crippen LogP contribution in [-0.2, 0) is 10.0 Å². The first-order valence-electron chi connectivity index (χ1n) is 12.4. The molecule has 2 N–H and O–H groups in total. The van der Waals surface area contributed by atoms with Crippen LogP contribution in [0.15, 0.2) is 90.4 Å². The van der Waals surface area contributed by atoms with Crippen LogP contribution in [0.25, 0.3) is 34.0 Å². The Hall–Kier alpha value is -4.01. The van der Waals surface area contributed by atoms with Crippen molar-refractivity contribution < 1.29 is 12.8 Å². The Morgan fingerprint density at radius 3 is 2.47 bits per heavy atom. The van der Waals surface area contributed by atoms with E-state index in [0.29, 0.717) is 10.5 Å². The molecule has 0 bridgehead atoms. The molecule has 0 saturated carbocycles. The van der Waals surface area contributed by atoms with Crippen LogP contribution in [0.5, 0.6) is 0 Å². The van der Waals surface area contributed by atoms with Gasteiger partial charge in [0.25, 0.3) is 0 Å². The van der Waals surface area contributed by atoms with Gasteiger partial charge in [-0.3, -0.25) is 4.98 Å². The number of nitrogens with one attached hydrogen (secondary N) is 2. The lowest BCUT2D eigenvalue weighted by Gasteiger charge is -2.25. The lowest BCUT2D eigenvalue weighted by Crippen LogP contribution is -2.23. The second-order valence-corrected chi connectivity index (χ2v) is 11.1. The summed E-state index contributed by atoms with van der Waals surface area (Å²) < 4.78 is 40.2. The van der Waals surface area contributed by atoms with Gasteiger partial charge >= 0.3 is 0 Å². The fraction of sp³-hybridized carbons (Fsp3) is 0.167. The van der Waals surface area contributed by atoms with E-state index >= 15 is 0 Å². The number of benzene rings is 2. The Morgan fingerprint density at radius 1 is 1.05 bits per heavy atom. The van der Waals surface area contributed by atoms with Gasteiger partial charge in [-0.1, -0.05) is 18.2 Å². The Bertz CT molecular complexity index is 1610. The third-order valence-corrected chi connectivity index (χ3v) is 8.38. The Labute approximate surface area is 222 Å². The molecule has 2 aromatic heterocycles. The molecule has 5 rings (SSSR count). The number of hydrogen-bond donors (Lipinski definition) is 2. The monoisotopic (exact) mass is 528 g/mol. The van der Waals surface area contributed by atoms with Crippen LogP contribution in [-0.4, -0.2) is 43.4 Å². The van der Waals surface area contributed by atoms with E-state index in [1.54, 1.807) is 37.5 Å². The fourth-order valence-electron chi connectivity index (χ4n) is 4.78. The van der Waals surface area contributed by atoms with E-state index in [9.17, 15) is 12.8 Å². The number of nitrogens with zero attached hydrogens (tertiary/aromatic N) is 2. The molecule has 1 aliphatic heterocycles. The van der Waals surface area contributed by atoms with Crippen molar-refractivity contribution in [1.29, 1.82) is 0 Å². The molecule has 0 spiro atoms. The number of hydrogen-bond acceptors (Lipinski definition) is 4. The lowest BCUT2D eigenvalue weighted by atomic mass is 9.92. The Morgan fingerprint density at radius 2 is 1.82 bits per heavy atom. The van der Waals surface area contributed by atoms with Crippen molar-refractivity contribution in [2.24, 2.45) is 0 Å². The van der Waals surface area contributed by atoms with Gasteiger partial charge < -0.3 is 9.88 Å². The van der Waals surface area contributed by atoms with Crippen molar-refractivity contribution in [2.45, 2.75) is 18.2 Å². The van der Waals surface area contributed by atoms with Crippen LogP contribution in [0.3, 0.4) is 0 Å². The molecule has 0 saturated heterocycles. The SMILES string of the molecule is CNS(=O)(=O)c1ccc(C=CN2CC=C(c3c[nH]c(-c4ccc(F)cc4)c3-c3ccncc3)CC2)cc1C. The molecule has 0 unspecified atom stereocenters. The van der Waals surface area contributed by atoms with E-state index in [1.807, 2.05) is 36.5 Å². The van der Waals surface area contributed by atoms with Gasteiger partial charge in [-0.25, -0.2) is 17.5 Å². The summed E-state index contributed by atoms with van der Waals surface area (Å²) in [6.07, 6.45) is 12.8. The number of H-pyrrole nitrogens is 1. The zero-order chi connectivity index (χ0) is 26.7. The zero-order valence-corrected chi connectivity index (χ0v) is 22.1. The average molecular weight is 529 g/mol. The van der Waals surface area contributed by atoms with Crippen molar-refractivity contribution >= 4 is 21.7 Å². The van der Waals surface area contributed by atoms with Crippen molar-refractivity contribution in [1.82, 2.24) is 19.6 Å². The van der Waals surface area contributed by atoms with Gasteiger partial charge in [0, 0.05) is 42.8 Å². The van der Waals surface area contributed by atoms with Gasteiger partial charge in [0.1, 0.15) is 5.82 Å². The van der Waals surface area contributed by atoms with Crippen LogP contribution in [0.4, 0.5) is 4.39 Å². The van der Waals surface area contributed by atoms with Crippen LogP contribution < -0.4 is 4.72 Å². The van der Waals surface area contributed by atoms with E-state index in [4.69, 9.17) is 0 Å². The second-order valence-electron chi connectivity index (χ2n) is 9.22. The molecule has 0 aliphatic carbocycles. The summed E-state index contributed by atoms with van der Waals surface area (Å²) in [7, 11) is -2.06. The zero-order valence-electron chi connectivity index (χ0n) is 21.3. The van der Waals surface area contributed by atoms with Crippen LogP contribution >= 0.6 is 0 Å². The molecule has 2 aromatic carbocycles. The molecule has 194 valence electrons. The Kier molecular flexibility index (Phi) is 7.26. The minimum Gasteiger partial charge on any atom is -0.373 e. The summed E-state index contributed by atoms with van der Waals surface area (Å²) >= 11 is 0. The molecule has 0 radical (unpaired) electrons. The summed E-state index contributed by atoms with van der Waals surface area (Å²) in [5.41, 5.74) is 8.05. The smallest absolute Gasteiger partial charge is 0.240 e. The standard InChI is InChI=1S/C30H29FN4O2S/c1-21-19-22(3-8-28(21)38(36,37)32-2)11-16-35-17-12-23(13-18-35)27-20-34-30(25-4-6-26(31)7-5-25)29(27)24-9-14-33-15-10-24/h3-12,14-16,19-20,32,34H,13,17-18H2,1-2H3. The summed E-state index contributed by atoms with van der Waals surface area (Å²) in [6, 6.07) is 15.9. The normalized spacial score (nSPS) is 14.2. The van der Waals surface area contributed by atoms with Gasteiger partial charge in [-0.15, -0.1) is 0 Å². The first-order valence-corrected chi connectivity index (χ1v) is 13.9. The van der Waals surface area contributed by atoms with Crippen molar-refractivity contribution in [3.63, 3.8) is 0 Å². The topological polar surface area (TPSA) is 78.1 Å². The van der Waals surface area contributed by atoms with E-state index in [-0.39, 0.29) is 5.82 Å². The van der Waals surface area contributed by atoms with Crippen molar-refractivity contribution in [3.8, 4) is 22.4 Å². The average Bonchev–Trinajstić information content (AvgIpc) is 3.38. The van der Waals surface area contributed by atoms with E-state index in [0.717, 1.165) is 53.0 Å². The van der Waals surface area contributed by atoms with E-state index in [2.05, 4.69) is 31.9 Å². The summed E-state index contributed by atoms with van der Waals surface area (Å²) in [5.74, 6) is -0.261. The fourth-order valence-corrected chi connectivity index (χ4v) is 5.73. The molecule has 4 aromatic rings. The van der Waals surface area contributed by atoms with E-state index < -0.39 is 10.0 Å². The molecule has 38 heavy (non-hydrogen) atoms. The summed E-state index contributed by atoms with van der Waals surface area (Å²) in [5, 5.41) is 0. The number of rotatable bonds is 7. The maximum absolute atomic E-state index is 13.6. The minimum absolute atomic E-state index is 0.261. The van der Waals surface area contributed by atoms with E-state index in [1.165, 1.54) is 24.8 Å². The highest BCUT2D eigenvalue weighted by Gasteiger charge is 2.20. The Balaban J connectivity index is 1.38. The first-order chi connectivity index (χ1) is 18.4. The van der Waals surface area contributed by atoms with Crippen molar-refractivity contribution in [3.05, 3.63) is 108 Å². The van der Waals surface area contributed by atoms with Gasteiger partial charge in [-0.05, 0) is 103 Å². The molecular formula is C30H29FN4O2S. The number of pyridine rings is 1. The van der Waals surface area contributed by atoms with Gasteiger partial charge in [0.05, 0.1) is 10.6 Å². The van der Waals surface area contributed by atoms with Crippen LogP contribution in [0.2, 0.25) is 0 Å². The molecule has 0 atom stereocenters. The van der Waals surface area contributed by atoms with Crippen molar-refractivity contribution in [2.75, 3.05) is 20.1 Å². The first kappa shape index (κ1) is 25.6. The molecular weight excluding hydrogens is 499 g/mol. The highest BCUT2D eigenvalue weighted by molar-refractivity contribution is 7.89. The predicted octanol–water partition coefficient (Wildman–Crippen LogP) is 5.86. The second kappa shape index (κ2) is 10.8. The highest BCUT2D eigenvalue weighted by Crippen LogP contribution is 2.39. The van der Waals surface area contributed by atoms with Gasteiger partial charge in [0.2, 0.25) is 10.0 Å². The van der Waals surface area contributed by atoms with Gasteiger partial charge in [-0.2, -0.15) is 0 Å². The number of aryl methyl sites for hydroxylation is 1. The summed E-state index contributed by atoms with van der Waals surface area (Å²) in [4.78, 5) is 10.1. The number of sulfonamides is 1. The maximum Gasteiger partial charge on any atom is 0.240 e. The lowest BCUT2D eigenvalue weighted by molar-refractivity contribution is 0.416. The third kappa shape index (κ3) is 5.32. The summed E-state index contributed by atoms with van der Waals surface area (Å²) in [6.45, 7) is 3.40. The molecule has 1 aliphatic rings. The minimum atomic E-state index is -3.47. The largest absolute Gasteiger partial charge is 0.373 e. The predicted molar refractivity (Wildman–Crippen MR) is 150 cm³/mol. The molecule has 0 fully saturated rings. The highest BCUT2D eigenvalue weighted by atomic mass is 32.2.